The van der Waals surface area contributed by atoms with Gasteiger partial charge in [-0.3, -0.25) is 9.59 Å². The molecule has 0 bridgehead atoms. The maximum atomic E-state index is 13.6. The van der Waals surface area contributed by atoms with Crippen LogP contribution in [0.2, 0.25) is 20.1 Å². The lowest BCUT2D eigenvalue weighted by molar-refractivity contribution is -0.116. The Morgan fingerprint density at radius 3 is 1.72 bits per heavy atom. The van der Waals surface area contributed by atoms with Crippen molar-refractivity contribution in [2.45, 2.75) is 25.2 Å². The molecule has 0 radical (unpaired) electrons. The Labute approximate surface area is 249 Å². The lowest BCUT2D eigenvalue weighted by Crippen LogP contribution is -2.21. The van der Waals surface area contributed by atoms with Crippen LogP contribution in [0.15, 0.2) is 71.8 Å². The first kappa shape index (κ1) is 29.4. The average molecular weight is 602 g/mol. The van der Waals surface area contributed by atoms with Crippen molar-refractivity contribution in [1.82, 2.24) is 4.90 Å². The number of amides is 1. The van der Waals surface area contributed by atoms with Crippen LogP contribution in [-0.2, 0) is 9.59 Å². The topological polar surface area (TPSA) is 49.4 Å². The van der Waals surface area contributed by atoms with Gasteiger partial charge in [-0.05, 0) is 110 Å². The molecule has 0 heterocycles. The fourth-order valence-corrected chi connectivity index (χ4v) is 5.67. The number of carbonyl (C=O) groups excluding carboxylic acids is 2. The molecule has 0 saturated heterocycles. The van der Waals surface area contributed by atoms with E-state index in [2.05, 4.69) is 5.32 Å². The summed E-state index contributed by atoms with van der Waals surface area (Å²) in [5, 5.41) is 4.95. The third-order valence-electron chi connectivity index (χ3n) is 6.42. The molecule has 8 heteroatoms. The second kappa shape index (κ2) is 13.2. The number of anilines is 1. The zero-order valence-electron chi connectivity index (χ0n) is 21.6. The van der Waals surface area contributed by atoms with Gasteiger partial charge >= 0.3 is 0 Å². The molecule has 1 aliphatic carbocycles. The van der Waals surface area contributed by atoms with Crippen molar-refractivity contribution >= 4 is 75.9 Å². The van der Waals surface area contributed by atoms with Crippen molar-refractivity contribution in [2.75, 3.05) is 26.0 Å². The second-order valence-corrected chi connectivity index (χ2v) is 11.6. The Kier molecular flexibility index (Phi) is 9.92. The standard InChI is InChI=1S/C31H28Cl4N2O2/c1-37(2)8-7-30(38)36-29-5-3-21(4-6-29)22-15-23(9-19-11-25(32)17-26(33)12-19)31(39)24(16-22)10-20-13-27(34)18-28(35)14-20/h3-6,9-14,17-18,22H,7-8,15-16H2,1-2H3,(H,36,38)/b23-9-,24-10+. The smallest absolute Gasteiger partial charge is 0.225 e. The van der Waals surface area contributed by atoms with Gasteiger partial charge in [-0.25, -0.2) is 0 Å². The molecule has 0 aromatic heterocycles. The van der Waals surface area contributed by atoms with E-state index in [0.717, 1.165) is 22.4 Å². The van der Waals surface area contributed by atoms with Crippen molar-refractivity contribution in [3.8, 4) is 0 Å². The summed E-state index contributed by atoms with van der Waals surface area (Å²) in [6.45, 7) is 0.680. The predicted octanol–water partition coefficient (Wildman–Crippen LogP) is 8.80. The number of carbonyl (C=O) groups is 2. The van der Waals surface area contributed by atoms with Gasteiger partial charge in [0.25, 0.3) is 0 Å². The maximum Gasteiger partial charge on any atom is 0.225 e. The number of hydrogen-bond donors (Lipinski definition) is 1. The minimum Gasteiger partial charge on any atom is -0.326 e. The number of nitrogens with one attached hydrogen (secondary N) is 1. The Bertz CT molecular complexity index is 1330. The number of hydrogen-bond acceptors (Lipinski definition) is 3. The summed E-state index contributed by atoms with van der Waals surface area (Å²) in [5.41, 5.74) is 4.65. The molecule has 1 N–H and O–H groups in total. The predicted molar refractivity (Wildman–Crippen MR) is 164 cm³/mol. The molecule has 1 fully saturated rings. The van der Waals surface area contributed by atoms with Crippen LogP contribution in [0, 0.1) is 0 Å². The van der Waals surface area contributed by atoms with Gasteiger partial charge < -0.3 is 10.2 Å². The van der Waals surface area contributed by atoms with E-state index >= 15 is 0 Å². The molecule has 0 spiro atoms. The van der Waals surface area contributed by atoms with Crippen LogP contribution in [0.1, 0.15) is 41.9 Å². The SMILES string of the molecule is CN(C)CCC(=O)Nc1ccc(C2C/C(=C/c3cc(Cl)cc(Cl)c3)C(=O)/C(=C/c3cc(Cl)cc(Cl)c3)C2)cc1. The molecule has 1 saturated carbocycles. The molecule has 1 aliphatic rings. The number of halogens is 4. The molecule has 4 nitrogen and oxygen atoms in total. The van der Waals surface area contributed by atoms with Gasteiger partial charge in [0.2, 0.25) is 5.91 Å². The molecule has 4 rings (SSSR count). The van der Waals surface area contributed by atoms with Crippen molar-refractivity contribution in [3.05, 3.63) is 109 Å². The molecule has 1 unspecified atom stereocenters. The van der Waals surface area contributed by atoms with E-state index in [1.54, 1.807) is 36.4 Å². The molecule has 39 heavy (non-hydrogen) atoms. The first-order valence-electron chi connectivity index (χ1n) is 12.5. The van der Waals surface area contributed by atoms with E-state index in [4.69, 9.17) is 46.4 Å². The number of rotatable bonds is 7. The summed E-state index contributed by atoms with van der Waals surface area (Å²) >= 11 is 24.9. The summed E-state index contributed by atoms with van der Waals surface area (Å²) in [7, 11) is 3.87. The maximum absolute atomic E-state index is 13.6. The van der Waals surface area contributed by atoms with Gasteiger partial charge in [0.1, 0.15) is 0 Å². The van der Waals surface area contributed by atoms with Crippen molar-refractivity contribution in [2.24, 2.45) is 0 Å². The third kappa shape index (κ3) is 8.44. The zero-order chi connectivity index (χ0) is 28.1. The van der Waals surface area contributed by atoms with E-state index in [9.17, 15) is 9.59 Å². The van der Waals surface area contributed by atoms with E-state index in [0.29, 0.717) is 57.0 Å². The molecular weight excluding hydrogens is 574 g/mol. The van der Waals surface area contributed by atoms with Crippen LogP contribution < -0.4 is 5.32 Å². The fraction of sp³-hybridized carbons (Fsp3) is 0.226. The number of allylic oxidation sites excluding steroid dienone is 2. The Morgan fingerprint density at radius 1 is 0.821 bits per heavy atom. The summed E-state index contributed by atoms with van der Waals surface area (Å²) < 4.78 is 0. The Balaban J connectivity index is 1.65. The minimum absolute atomic E-state index is 0.0319. The lowest BCUT2D eigenvalue weighted by atomic mass is 9.76. The van der Waals surface area contributed by atoms with Crippen LogP contribution in [0.5, 0.6) is 0 Å². The zero-order valence-corrected chi connectivity index (χ0v) is 24.6. The molecule has 1 amide bonds. The Morgan fingerprint density at radius 2 is 1.28 bits per heavy atom. The number of Topliss-reactive ketones (excluding diaryl/α,β-unsaturated/α-hetero) is 1. The van der Waals surface area contributed by atoms with Crippen molar-refractivity contribution < 1.29 is 9.59 Å². The lowest BCUT2D eigenvalue weighted by Gasteiger charge is -2.26. The quantitative estimate of drug-likeness (QED) is 0.275. The van der Waals surface area contributed by atoms with Gasteiger partial charge in [0, 0.05) is 49.9 Å². The van der Waals surface area contributed by atoms with Gasteiger partial charge in [0.05, 0.1) is 0 Å². The minimum atomic E-state index is -0.0387. The number of nitrogens with zero attached hydrogens (tertiary/aromatic N) is 1. The first-order valence-corrected chi connectivity index (χ1v) is 14.0. The highest BCUT2D eigenvalue weighted by molar-refractivity contribution is 6.35. The van der Waals surface area contributed by atoms with E-state index < -0.39 is 0 Å². The number of ketones is 1. The molecule has 3 aromatic carbocycles. The van der Waals surface area contributed by atoms with Crippen molar-refractivity contribution in [1.29, 1.82) is 0 Å². The third-order valence-corrected chi connectivity index (χ3v) is 7.29. The highest BCUT2D eigenvalue weighted by atomic mass is 35.5. The molecule has 1 atom stereocenters. The van der Waals surface area contributed by atoms with Crippen molar-refractivity contribution in [3.63, 3.8) is 0 Å². The average Bonchev–Trinajstić information content (AvgIpc) is 2.84. The van der Waals surface area contributed by atoms with E-state index in [1.165, 1.54) is 0 Å². The fourth-order valence-electron chi connectivity index (χ4n) is 4.59. The number of benzene rings is 3. The summed E-state index contributed by atoms with van der Waals surface area (Å²) in [5.74, 6) is -0.0262. The van der Waals surface area contributed by atoms with Crippen LogP contribution >= 0.6 is 46.4 Å². The first-order chi connectivity index (χ1) is 18.5. The summed E-state index contributed by atoms with van der Waals surface area (Å²) in [6.07, 6.45) is 5.22. The normalized spacial score (nSPS) is 17.7. The Hall–Kier alpha value is -2.60. The monoisotopic (exact) mass is 600 g/mol. The summed E-state index contributed by atoms with van der Waals surface area (Å²) in [4.78, 5) is 27.8. The van der Waals surface area contributed by atoms with Gasteiger partial charge in [0.15, 0.2) is 5.78 Å². The summed E-state index contributed by atoms with van der Waals surface area (Å²) in [6, 6.07) is 18.3. The van der Waals surface area contributed by atoms with Crippen LogP contribution in [-0.4, -0.2) is 37.2 Å². The van der Waals surface area contributed by atoms with Gasteiger partial charge in [-0.1, -0.05) is 58.5 Å². The second-order valence-electron chi connectivity index (χ2n) is 9.90. The largest absolute Gasteiger partial charge is 0.326 e. The highest BCUT2D eigenvalue weighted by Crippen LogP contribution is 2.39. The van der Waals surface area contributed by atoms with Gasteiger partial charge in [-0.2, -0.15) is 0 Å². The molecule has 3 aromatic rings. The molecule has 0 aliphatic heterocycles. The van der Waals surface area contributed by atoms with Crippen LogP contribution in [0.4, 0.5) is 5.69 Å². The molecular formula is C31H28Cl4N2O2. The van der Waals surface area contributed by atoms with Crippen LogP contribution in [0.3, 0.4) is 0 Å². The van der Waals surface area contributed by atoms with Crippen LogP contribution in [0.25, 0.3) is 12.2 Å². The van der Waals surface area contributed by atoms with E-state index in [1.807, 2.05) is 55.4 Å². The molecule has 202 valence electrons. The van der Waals surface area contributed by atoms with E-state index in [-0.39, 0.29) is 17.6 Å². The van der Waals surface area contributed by atoms with Gasteiger partial charge in [-0.15, -0.1) is 0 Å². The highest BCUT2D eigenvalue weighted by Gasteiger charge is 2.29.